The molecule has 2 aromatic carbocycles. The van der Waals surface area contributed by atoms with Gasteiger partial charge in [0, 0.05) is 24.1 Å². The number of benzene rings is 2. The smallest absolute Gasteiger partial charge is 0.254 e. The van der Waals surface area contributed by atoms with Crippen LogP contribution >= 0.6 is 0 Å². The molecule has 0 saturated heterocycles. The lowest BCUT2D eigenvalue weighted by atomic mass is 10.0. The van der Waals surface area contributed by atoms with Crippen molar-refractivity contribution in [2.75, 3.05) is 13.7 Å². The van der Waals surface area contributed by atoms with Crippen LogP contribution in [0.4, 0.5) is 0 Å². The Morgan fingerprint density at radius 2 is 1.90 bits per heavy atom. The van der Waals surface area contributed by atoms with E-state index in [-0.39, 0.29) is 11.5 Å². The number of aryl methyl sites for hydroxylation is 1. The zero-order chi connectivity index (χ0) is 20.2. The predicted molar refractivity (Wildman–Crippen MR) is 111 cm³/mol. The average Bonchev–Trinajstić information content (AvgIpc) is 2.77. The number of aromatic amines is 1. The van der Waals surface area contributed by atoms with Crippen molar-refractivity contribution in [3.8, 4) is 17.1 Å². The van der Waals surface area contributed by atoms with Crippen molar-refractivity contribution in [1.82, 2.24) is 14.9 Å². The van der Waals surface area contributed by atoms with Crippen LogP contribution in [0.25, 0.3) is 11.4 Å². The molecular weight excluding hydrogens is 366 g/mol. The zero-order valence-corrected chi connectivity index (χ0v) is 16.4. The minimum atomic E-state index is -0.128. The molecule has 1 aromatic heterocycles. The number of carbonyl (C=O) groups excluding carboxylic acids is 1. The highest BCUT2D eigenvalue weighted by Gasteiger charge is 2.24. The summed E-state index contributed by atoms with van der Waals surface area (Å²) in [5, 5.41) is 0. The number of fused-ring (bicyclic) bond motifs is 1. The Morgan fingerprint density at radius 3 is 2.62 bits per heavy atom. The summed E-state index contributed by atoms with van der Waals surface area (Å²) in [6.45, 7) is 0.920. The second-order valence-corrected chi connectivity index (χ2v) is 7.12. The van der Waals surface area contributed by atoms with Gasteiger partial charge in [-0.2, -0.15) is 0 Å². The number of aromatic nitrogens is 2. The summed E-state index contributed by atoms with van der Waals surface area (Å²) in [4.78, 5) is 34.6. The number of amides is 1. The number of ether oxygens (including phenoxy) is 1. The van der Waals surface area contributed by atoms with E-state index in [1.54, 1.807) is 12.0 Å². The Bertz CT molecular complexity index is 1060. The normalized spacial score (nSPS) is 13.1. The Hall–Kier alpha value is -3.41. The molecule has 2 heterocycles. The highest BCUT2D eigenvalue weighted by Crippen LogP contribution is 2.21. The first-order valence-corrected chi connectivity index (χ1v) is 9.72. The van der Waals surface area contributed by atoms with Crippen molar-refractivity contribution in [3.63, 3.8) is 0 Å². The molecule has 0 atom stereocenters. The monoisotopic (exact) mass is 389 g/mol. The van der Waals surface area contributed by atoms with Gasteiger partial charge in [0.05, 0.1) is 19.3 Å². The van der Waals surface area contributed by atoms with Crippen LogP contribution in [0.5, 0.6) is 5.75 Å². The van der Waals surface area contributed by atoms with Gasteiger partial charge in [-0.05, 0) is 42.7 Å². The van der Waals surface area contributed by atoms with Gasteiger partial charge in [-0.3, -0.25) is 9.59 Å². The van der Waals surface area contributed by atoms with Crippen LogP contribution in [0.1, 0.15) is 23.2 Å². The van der Waals surface area contributed by atoms with Gasteiger partial charge in [0.2, 0.25) is 5.91 Å². The lowest BCUT2D eigenvalue weighted by Gasteiger charge is -2.28. The molecule has 1 aliphatic rings. The minimum Gasteiger partial charge on any atom is -0.497 e. The molecule has 0 saturated carbocycles. The van der Waals surface area contributed by atoms with Gasteiger partial charge in [-0.25, -0.2) is 4.98 Å². The summed E-state index contributed by atoms with van der Waals surface area (Å²) in [6, 6.07) is 17.4. The average molecular weight is 389 g/mol. The lowest BCUT2D eigenvalue weighted by Crippen LogP contribution is -2.39. The van der Waals surface area contributed by atoms with Gasteiger partial charge < -0.3 is 14.6 Å². The lowest BCUT2D eigenvalue weighted by molar-refractivity contribution is -0.132. The van der Waals surface area contributed by atoms with E-state index in [9.17, 15) is 9.59 Å². The topological polar surface area (TPSA) is 75.3 Å². The maximum atomic E-state index is 12.7. The largest absolute Gasteiger partial charge is 0.497 e. The Kier molecular flexibility index (Phi) is 5.42. The first-order valence-electron chi connectivity index (χ1n) is 9.72. The summed E-state index contributed by atoms with van der Waals surface area (Å²) in [6.07, 6.45) is 1.69. The fraction of sp³-hybridized carbons (Fsp3) is 0.261. The summed E-state index contributed by atoms with van der Waals surface area (Å²) < 4.78 is 5.18. The van der Waals surface area contributed by atoms with Crippen molar-refractivity contribution in [2.45, 2.75) is 25.8 Å². The van der Waals surface area contributed by atoms with Gasteiger partial charge in [-0.15, -0.1) is 0 Å². The van der Waals surface area contributed by atoms with E-state index in [0.717, 1.165) is 16.9 Å². The van der Waals surface area contributed by atoms with E-state index < -0.39 is 0 Å². The molecule has 6 nitrogen and oxygen atoms in total. The highest BCUT2D eigenvalue weighted by molar-refractivity contribution is 5.76. The van der Waals surface area contributed by atoms with Crippen molar-refractivity contribution < 1.29 is 9.53 Å². The van der Waals surface area contributed by atoms with Crippen LogP contribution in [0, 0.1) is 0 Å². The SMILES string of the molecule is COc1ccc(-c2nc3c(c(=O)[nH]2)CCN(C(=O)CCc2ccccc2)C3)cc1. The number of hydrogen-bond donors (Lipinski definition) is 1. The Morgan fingerprint density at radius 1 is 1.14 bits per heavy atom. The van der Waals surface area contributed by atoms with Gasteiger partial charge >= 0.3 is 0 Å². The minimum absolute atomic E-state index is 0.0904. The van der Waals surface area contributed by atoms with E-state index in [1.807, 2.05) is 54.6 Å². The molecule has 4 rings (SSSR count). The molecular formula is C23H23N3O3. The number of carbonyl (C=O) groups is 1. The van der Waals surface area contributed by atoms with Gasteiger partial charge in [-0.1, -0.05) is 30.3 Å². The van der Waals surface area contributed by atoms with Crippen molar-refractivity contribution in [1.29, 1.82) is 0 Å². The molecule has 148 valence electrons. The maximum Gasteiger partial charge on any atom is 0.254 e. The van der Waals surface area contributed by atoms with Crippen LogP contribution in [-0.2, 0) is 24.2 Å². The van der Waals surface area contributed by atoms with E-state index in [2.05, 4.69) is 9.97 Å². The summed E-state index contributed by atoms with van der Waals surface area (Å²) in [5.74, 6) is 1.34. The number of hydrogen-bond acceptors (Lipinski definition) is 4. The molecule has 6 heteroatoms. The molecule has 0 radical (unpaired) electrons. The molecule has 3 aromatic rings. The molecule has 0 bridgehead atoms. The molecule has 1 aliphatic heterocycles. The molecule has 1 N–H and O–H groups in total. The Balaban J connectivity index is 1.51. The number of rotatable bonds is 5. The molecule has 0 unspecified atom stereocenters. The molecule has 1 amide bonds. The van der Waals surface area contributed by atoms with Gasteiger partial charge in [0.15, 0.2) is 0 Å². The van der Waals surface area contributed by atoms with E-state index in [0.29, 0.717) is 49.4 Å². The summed E-state index contributed by atoms with van der Waals surface area (Å²) in [5.41, 5.74) is 3.18. The number of nitrogens with one attached hydrogen (secondary N) is 1. The third-order valence-electron chi connectivity index (χ3n) is 5.26. The summed E-state index contributed by atoms with van der Waals surface area (Å²) in [7, 11) is 1.61. The van der Waals surface area contributed by atoms with E-state index in [4.69, 9.17) is 4.74 Å². The second-order valence-electron chi connectivity index (χ2n) is 7.12. The molecule has 0 aliphatic carbocycles. The first kappa shape index (κ1) is 18.9. The zero-order valence-electron chi connectivity index (χ0n) is 16.4. The quantitative estimate of drug-likeness (QED) is 0.728. The van der Waals surface area contributed by atoms with Crippen LogP contribution in [0.2, 0.25) is 0 Å². The Labute approximate surface area is 169 Å². The number of H-pyrrole nitrogens is 1. The van der Waals surface area contributed by atoms with Crippen molar-refractivity contribution in [3.05, 3.63) is 81.8 Å². The molecule has 29 heavy (non-hydrogen) atoms. The van der Waals surface area contributed by atoms with Crippen molar-refractivity contribution >= 4 is 5.91 Å². The second kappa shape index (κ2) is 8.31. The maximum absolute atomic E-state index is 12.7. The van der Waals surface area contributed by atoms with Crippen LogP contribution < -0.4 is 10.3 Å². The van der Waals surface area contributed by atoms with Gasteiger partial charge in [0.1, 0.15) is 11.6 Å². The first-order chi connectivity index (χ1) is 14.1. The predicted octanol–water partition coefficient (Wildman–Crippen LogP) is 2.96. The fourth-order valence-electron chi connectivity index (χ4n) is 3.59. The van der Waals surface area contributed by atoms with E-state index in [1.165, 1.54) is 0 Å². The molecule has 0 spiro atoms. The fourth-order valence-corrected chi connectivity index (χ4v) is 3.59. The third kappa shape index (κ3) is 4.21. The summed E-state index contributed by atoms with van der Waals surface area (Å²) >= 11 is 0. The van der Waals surface area contributed by atoms with Gasteiger partial charge in [0.25, 0.3) is 5.56 Å². The highest BCUT2D eigenvalue weighted by atomic mass is 16.5. The van der Waals surface area contributed by atoms with Crippen LogP contribution in [0.3, 0.4) is 0 Å². The number of nitrogens with zero attached hydrogens (tertiary/aromatic N) is 2. The van der Waals surface area contributed by atoms with E-state index >= 15 is 0 Å². The molecule has 0 fully saturated rings. The standard InChI is InChI=1S/C23H23N3O3/c1-29-18-10-8-17(9-11-18)22-24-20-15-26(14-13-19(20)23(28)25-22)21(27)12-7-16-5-3-2-4-6-16/h2-6,8-11H,7,12-15H2,1H3,(H,24,25,28). The number of methoxy groups -OCH3 is 1. The third-order valence-corrected chi connectivity index (χ3v) is 5.26. The van der Waals surface area contributed by atoms with Crippen LogP contribution in [-0.4, -0.2) is 34.4 Å². The van der Waals surface area contributed by atoms with Crippen LogP contribution in [0.15, 0.2) is 59.4 Å². The van der Waals surface area contributed by atoms with Crippen molar-refractivity contribution in [2.24, 2.45) is 0 Å².